The summed E-state index contributed by atoms with van der Waals surface area (Å²) in [5.74, 6) is 1.83. The lowest BCUT2D eigenvalue weighted by Gasteiger charge is -2.13. The van der Waals surface area contributed by atoms with E-state index in [0.717, 1.165) is 14.5 Å². The third-order valence-corrected chi connectivity index (χ3v) is 5.29. The molecule has 6 nitrogen and oxygen atoms in total. The second-order valence-electron chi connectivity index (χ2n) is 6.61. The predicted octanol–water partition coefficient (Wildman–Crippen LogP) is 5.33. The van der Waals surface area contributed by atoms with Gasteiger partial charge in [0, 0.05) is 10.4 Å². The van der Waals surface area contributed by atoms with Gasteiger partial charge in [0.15, 0.2) is 11.5 Å². The molecule has 1 heterocycles. The second kappa shape index (κ2) is 9.09. The molecule has 8 heteroatoms. The predicted molar refractivity (Wildman–Crippen MR) is 123 cm³/mol. The van der Waals surface area contributed by atoms with Gasteiger partial charge in [-0.1, -0.05) is 29.8 Å². The third-order valence-electron chi connectivity index (χ3n) is 4.21. The van der Waals surface area contributed by atoms with Gasteiger partial charge in [0.2, 0.25) is 0 Å². The zero-order valence-corrected chi connectivity index (χ0v) is 19.7. The van der Waals surface area contributed by atoms with E-state index in [4.69, 9.17) is 9.47 Å². The first-order valence-corrected chi connectivity index (χ1v) is 10.7. The molecule has 0 bridgehead atoms. The van der Waals surface area contributed by atoms with Crippen LogP contribution in [-0.4, -0.2) is 29.6 Å². The molecular formula is C21H21Br2N3O3. The maximum atomic E-state index is 13.1. The Bertz CT molecular complexity index is 1140. The van der Waals surface area contributed by atoms with Crippen LogP contribution in [0.15, 0.2) is 49.2 Å². The molecule has 0 atom stereocenters. The SMILES string of the molecule is CCOc1c(Br)cc(C=Nn2c(C(C)C)nc3ccc(Br)cc3c2=O)cc1OC. The highest BCUT2D eigenvalue weighted by Crippen LogP contribution is 2.36. The van der Waals surface area contributed by atoms with E-state index in [1.54, 1.807) is 19.4 Å². The van der Waals surface area contributed by atoms with Crippen molar-refractivity contribution in [1.29, 1.82) is 0 Å². The normalized spacial score (nSPS) is 11.6. The Hall–Kier alpha value is -2.19. The molecule has 0 spiro atoms. The first kappa shape index (κ1) is 21.5. The number of methoxy groups -OCH3 is 1. The largest absolute Gasteiger partial charge is 0.493 e. The van der Waals surface area contributed by atoms with Crippen LogP contribution in [0.3, 0.4) is 0 Å². The van der Waals surface area contributed by atoms with E-state index in [-0.39, 0.29) is 11.5 Å². The van der Waals surface area contributed by atoms with E-state index in [1.165, 1.54) is 4.68 Å². The molecule has 1 aromatic heterocycles. The minimum atomic E-state index is -0.215. The number of aromatic nitrogens is 2. The number of fused-ring (bicyclic) bond motifs is 1. The lowest BCUT2D eigenvalue weighted by Crippen LogP contribution is -2.23. The van der Waals surface area contributed by atoms with Crippen LogP contribution in [0.25, 0.3) is 10.9 Å². The summed E-state index contributed by atoms with van der Waals surface area (Å²) in [5.41, 5.74) is 1.19. The quantitative estimate of drug-likeness (QED) is 0.410. The van der Waals surface area contributed by atoms with Gasteiger partial charge < -0.3 is 9.47 Å². The smallest absolute Gasteiger partial charge is 0.282 e. The average Bonchev–Trinajstić information content (AvgIpc) is 2.69. The average molecular weight is 523 g/mol. The number of rotatable bonds is 6. The summed E-state index contributed by atoms with van der Waals surface area (Å²) in [6.07, 6.45) is 1.61. The van der Waals surface area contributed by atoms with Crippen molar-refractivity contribution in [3.8, 4) is 11.5 Å². The number of nitrogens with zero attached hydrogens (tertiary/aromatic N) is 3. The minimum Gasteiger partial charge on any atom is -0.493 e. The number of hydrogen-bond donors (Lipinski definition) is 0. The van der Waals surface area contributed by atoms with Crippen molar-refractivity contribution in [3.05, 3.63) is 61.0 Å². The summed E-state index contributed by atoms with van der Waals surface area (Å²) in [5, 5.41) is 4.96. The highest BCUT2D eigenvalue weighted by Gasteiger charge is 2.14. The van der Waals surface area contributed by atoms with Crippen LogP contribution >= 0.6 is 31.9 Å². The van der Waals surface area contributed by atoms with Crippen molar-refractivity contribution in [1.82, 2.24) is 9.66 Å². The van der Waals surface area contributed by atoms with E-state index in [1.807, 2.05) is 45.0 Å². The van der Waals surface area contributed by atoms with Crippen molar-refractivity contribution in [2.45, 2.75) is 26.7 Å². The van der Waals surface area contributed by atoms with Crippen LogP contribution < -0.4 is 15.0 Å². The van der Waals surface area contributed by atoms with Gasteiger partial charge >= 0.3 is 0 Å². The fourth-order valence-electron chi connectivity index (χ4n) is 2.87. The van der Waals surface area contributed by atoms with Crippen molar-refractivity contribution < 1.29 is 9.47 Å². The molecule has 3 rings (SSSR count). The molecule has 0 saturated heterocycles. The van der Waals surface area contributed by atoms with Gasteiger partial charge in [0.05, 0.1) is 35.3 Å². The van der Waals surface area contributed by atoms with E-state index in [2.05, 4.69) is 41.9 Å². The topological polar surface area (TPSA) is 65.7 Å². The molecule has 0 aliphatic carbocycles. The summed E-state index contributed by atoms with van der Waals surface area (Å²) in [4.78, 5) is 17.7. The van der Waals surface area contributed by atoms with Gasteiger partial charge in [-0.2, -0.15) is 9.78 Å². The summed E-state index contributed by atoms with van der Waals surface area (Å²) in [6, 6.07) is 9.13. The first-order valence-electron chi connectivity index (χ1n) is 9.12. The maximum Gasteiger partial charge on any atom is 0.282 e. The van der Waals surface area contributed by atoms with Crippen molar-refractivity contribution >= 4 is 49.0 Å². The number of hydrogen-bond acceptors (Lipinski definition) is 5. The second-order valence-corrected chi connectivity index (χ2v) is 8.38. The first-order chi connectivity index (χ1) is 13.8. The summed E-state index contributed by atoms with van der Waals surface area (Å²) >= 11 is 6.92. The molecule has 0 fully saturated rings. The molecule has 0 saturated carbocycles. The van der Waals surface area contributed by atoms with E-state index in [9.17, 15) is 4.79 Å². The van der Waals surface area contributed by atoms with Crippen LogP contribution in [0.5, 0.6) is 11.5 Å². The molecule has 2 aromatic carbocycles. The lowest BCUT2D eigenvalue weighted by molar-refractivity contribution is 0.309. The number of halogens is 2. The monoisotopic (exact) mass is 521 g/mol. The Morgan fingerprint density at radius 1 is 1.24 bits per heavy atom. The van der Waals surface area contributed by atoms with Crippen molar-refractivity contribution in [2.24, 2.45) is 5.10 Å². The highest BCUT2D eigenvalue weighted by molar-refractivity contribution is 9.10. The van der Waals surface area contributed by atoms with E-state index < -0.39 is 0 Å². The summed E-state index contributed by atoms with van der Waals surface area (Å²) in [6.45, 7) is 6.39. The van der Waals surface area contributed by atoms with Gasteiger partial charge in [0.1, 0.15) is 5.82 Å². The zero-order chi connectivity index (χ0) is 21.1. The standard InChI is InChI=1S/C21H21Br2N3O3/c1-5-29-19-16(23)8-13(9-18(19)28-4)11-24-26-20(12(2)3)25-17-7-6-14(22)10-15(17)21(26)27/h6-12H,5H2,1-4H3. The van der Waals surface area contributed by atoms with E-state index >= 15 is 0 Å². The van der Waals surface area contributed by atoms with Crippen molar-refractivity contribution in [2.75, 3.05) is 13.7 Å². The third kappa shape index (κ3) is 4.53. The molecule has 152 valence electrons. The van der Waals surface area contributed by atoms with Gasteiger partial charge in [0.25, 0.3) is 5.56 Å². The van der Waals surface area contributed by atoms with E-state index in [0.29, 0.717) is 34.8 Å². The Morgan fingerprint density at radius 2 is 2.00 bits per heavy atom. The fraction of sp³-hybridized carbons (Fsp3) is 0.286. The summed E-state index contributed by atoms with van der Waals surface area (Å²) < 4.78 is 14.0. The molecule has 0 N–H and O–H groups in total. The van der Waals surface area contributed by atoms with Crippen LogP contribution in [0.2, 0.25) is 0 Å². The molecule has 0 aliphatic heterocycles. The number of ether oxygens (including phenoxy) is 2. The molecule has 3 aromatic rings. The van der Waals surface area contributed by atoms with Gasteiger partial charge in [-0.05, 0) is 58.7 Å². The van der Waals surface area contributed by atoms with Crippen molar-refractivity contribution in [3.63, 3.8) is 0 Å². The van der Waals surface area contributed by atoms with Crippen LogP contribution in [0, 0.1) is 0 Å². The number of benzene rings is 2. The molecule has 29 heavy (non-hydrogen) atoms. The van der Waals surface area contributed by atoms with Gasteiger partial charge in [-0.3, -0.25) is 4.79 Å². The molecular weight excluding hydrogens is 502 g/mol. The Morgan fingerprint density at radius 3 is 2.66 bits per heavy atom. The molecule has 0 aliphatic rings. The maximum absolute atomic E-state index is 13.1. The van der Waals surface area contributed by atoms with Crippen LogP contribution in [0.4, 0.5) is 0 Å². The van der Waals surface area contributed by atoms with Gasteiger partial charge in [-0.15, -0.1) is 0 Å². The Kier molecular flexibility index (Phi) is 6.74. The molecule has 0 radical (unpaired) electrons. The zero-order valence-electron chi connectivity index (χ0n) is 16.6. The molecule has 0 amide bonds. The van der Waals surface area contributed by atoms with Crippen LogP contribution in [-0.2, 0) is 0 Å². The Labute approximate surface area is 185 Å². The van der Waals surface area contributed by atoms with Gasteiger partial charge in [-0.25, -0.2) is 4.98 Å². The lowest BCUT2D eigenvalue weighted by atomic mass is 10.2. The van der Waals surface area contributed by atoms with Crippen LogP contribution in [0.1, 0.15) is 38.1 Å². The Balaban J connectivity index is 2.13. The minimum absolute atomic E-state index is 0.0227. The molecule has 0 unspecified atom stereocenters. The summed E-state index contributed by atoms with van der Waals surface area (Å²) in [7, 11) is 1.58. The fourth-order valence-corrected chi connectivity index (χ4v) is 3.81. The highest BCUT2D eigenvalue weighted by atomic mass is 79.9.